The van der Waals surface area contributed by atoms with Gasteiger partial charge < -0.3 is 10.4 Å². The number of nitrogens with one attached hydrogen (secondary N) is 1. The minimum Gasteiger partial charge on any atom is -0.396 e. The van der Waals surface area contributed by atoms with E-state index in [2.05, 4.69) is 26.1 Å². The van der Waals surface area contributed by atoms with Crippen LogP contribution >= 0.6 is 0 Å². The molecule has 0 aromatic carbocycles. The molecule has 0 aromatic rings. The smallest absolute Gasteiger partial charge is 0.0499 e. The first kappa shape index (κ1) is 14.0. The average Bonchev–Trinajstić information content (AvgIpc) is 3.06. The third-order valence-corrected chi connectivity index (χ3v) is 4.57. The Morgan fingerprint density at radius 3 is 2.19 bits per heavy atom. The summed E-state index contributed by atoms with van der Waals surface area (Å²) in [7, 11) is 0. The summed E-state index contributed by atoms with van der Waals surface area (Å²) < 4.78 is 0. The first-order valence-corrected chi connectivity index (χ1v) is 6.97. The molecule has 96 valence electrons. The highest BCUT2D eigenvalue weighted by molar-refractivity contribution is 4.95. The number of aliphatic hydroxyl groups excluding tert-OH is 1. The fraction of sp³-hybridized carbons (Fsp3) is 1.00. The standard InChI is InChI=1S/C14H29NO/c1-4-7-14(8-9-14)11-15-10-13(5-2,6-3)12-16/h15-16H,4-12H2,1-3H3. The monoisotopic (exact) mass is 227 g/mol. The topological polar surface area (TPSA) is 32.3 Å². The van der Waals surface area contributed by atoms with Gasteiger partial charge in [0.05, 0.1) is 0 Å². The fourth-order valence-corrected chi connectivity index (χ4v) is 2.59. The second kappa shape index (κ2) is 6.02. The quantitative estimate of drug-likeness (QED) is 0.635. The van der Waals surface area contributed by atoms with Crippen LogP contribution < -0.4 is 5.32 Å². The predicted molar refractivity (Wildman–Crippen MR) is 69.5 cm³/mol. The highest BCUT2D eigenvalue weighted by Gasteiger charge is 2.41. The summed E-state index contributed by atoms with van der Waals surface area (Å²) in [6, 6.07) is 0. The van der Waals surface area contributed by atoms with Crippen molar-refractivity contribution in [2.45, 2.75) is 59.3 Å². The molecule has 1 aliphatic carbocycles. The Morgan fingerprint density at radius 2 is 1.81 bits per heavy atom. The summed E-state index contributed by atoms with van der Waals surface area (Å²) in [5.74, 6) is 0. The van der Waals surface area contributed by atoms with E-state index in [4.69, 9.17) is 0 Å². The second-order valence-corrected chi connectivity index (χ2v) is 5.72. The number of aliphatic hydroxyl groups is 1. The molecule has 2 heteroatoms. The van der Waals surface area contributed by atoms with E-state index in [1.165, 1.54) is 25.7 Å². The first-order chi connectivity index (χ1) is 7.66. The van der Waals surface area contributed by atoms with Crippen molar-refractivity contribution >= 4 is 0 Å². The number of hydrogen-bond donors (Lipinski definition) is 2. The Bertz CT molecular complexity index is 187. The Labute approximate surface area is 101 Å². The molecule has 1 fully saturated rings. The van der Waals surface area contributed by atoms with Gasteiger partial charge in [-0.2, -0.15) is 0 Å². The minimum atomic E-state index is 0.113. The molecule has 0 amide bonds. The van der Waals surface area contributed by atoms with Crippen LogP contribution in [-0.2, 0) is 0 Å². The molecule has 2 nitrogen and oxygen atoms in total. The largest absolute Gasteiger partial charge is 0.396 e. The van der Waals surface area contributed by atoms with Gasteiger partial charge in [-0.3, -0.25) is 0 Å². The van der Waals surface area contributed by atoms with Gasteiger partial charge in [0.2, 0.25) is 0 Å². The Kier molecular flexibility index (Phi) is 5.26. The molecule has 0 heterocycles. The molecule has 0 aliphatic heterocycles. The molecule has 2 N–H and O–H groups in total. The lowest BCUT2D eigenvalue weighted by molar-refractivity contribution is 0.111. The van der Waals surface area contributed by atoms with Gasteiger partial charge in [0.25, 0.3) is 0 Å². The molecule has 1 saturated carbocycles. The van der Waals surface area contributed by atoms with Crippen LogP contribution in [0.3, 0.4) is 0 Å². The van der Waals surface area contributed by atoms with E-state index in [0.29, 0.717) is 12.0 Å². The Morgan fingerprint density at radius 1 is 1.19 bits per heavy atom. The third-order valence-electron chi connectivity index (χ3n) is 4.57. The molecule has 0 radical (unpaired) electrons. The van der Waals surface area contributed by atoms with Crippen molar-refractivity contribution in [1.82, 2.24) is 5.32 Å². The van der Waals surface area contributed by atoms with Crippen LogP contribution in [0.25, 0.3) is 0 Å². The maximum absolute atomic E-state index is 9.48. The van der Waals surface area contributed by atoms with Crippen molar-refractivity contribution in [3.05, 3.63) is 0 Å². The van der Waals surface area contributed by atoms with Crippen LogP contribution in [0.1, 0.15) is 59.3 Å². The summed E-state index contributed by atoms with van der Waals surface area (Å²) in [5.41, 5.74) is 0.736. The van der Waals surface area contributed by atoms with Gasteiger partial charge in [-0.1, -0.05) is 27.2 Å². The van der Waals surface area contributed by atoms with E-state index >= 15 is 0 Å². The van der Waals surface area contributed by atoms with Gasteiger partial charge >= 0.3 is 0 Å². The first-order valence-electron chi connectivity index (χ1n) is 6.97. The lowest BCUT2D eigenvalue weighted by atomic mass is 9.83. The summed E-state index contributed by atoms with van der Waals surface area (Å²) in [6.07, 6.45) is 7.59. The summed E-state index contributed by atoms with van der Waals surface area (Å²) >= 11 is 0. The van der Waals surface area contributed by atoms with Gasteiger partial charge in [-0.15, -0.1) is 0 Å². The summed E-state index contributed by atoms with van der Waals surface area (Å²) in [6.45, 7) is 9.08. The van der Waals surface area contributed by atoms with Gasteiger partial charge in [0, 0.05) is 25.1 Å². The van der Waals surface area contributed by atoms with Crippen LogP contribution in [0.4, 0.5) is 0 Å². The highest BCUT2D eigenvalue weighted by atomic mass is 16.3. The van der Waals surface area contributed by atoms with Gasteiger partial charge in [0.15, 0.2) is 0 Å². The zero-order valence-electron chi connectivity index (χ0n) is 11.3. The molecule has 16 heavy (non-hydrogen) atoms. The molecule has 1 rings (SSSR count). The van der Waals surface area contributed by atoms with E-state index in [1.54, 1.807) is 0 Å². The third kappa shape index (κ3) is 3.46. The van der Waals surface area contributed by atoms with Gasteiger partial charge in [-0.25, -0.2) is 0 Å². The molecule has 0 unspecified atom stereocenters. The van der Waals surface area contributed by atoms with E-state index in [9.17, 15) is 5.11 Å². The fourth-order valence-electron chi connectivity index (χ4n) is 2.59. The van der Waals surface area contributed by atoms with E-state index in [0.717, 1.165) is 25.9 Å². The van der Waals surface area contributed by atoms with Crippen molar-refractivity contribution < 1.29 is 5.11 Å². The minimum absolute atomic E-state index is 0.113. The molecule has 0 spiro atoms. The normalized spacial score (nSPS) is 18.8. The van der Waals surface area contributed by atoms with Crippen LogP contribution in [-0.4, -0.2) is 24.8 Å². The predicted octanol–water partition coefficient (Wildman–Crippen LogP) is 2.96. The van der Waals surface area contributed by atoms with Crippen molar-refractivity contribution in [2.75, 3.05) is 19.7 Å². The van der Waals surface area contributed by atoms with Crippen molar-refractivity contribution in [3.8, 4) is 0 Å². The lowest BCUT2D eigenvalue weighted by Crippen LogP contribution is -2.38. The molecular formula is C14H29NO. The SMILES string of the molecule is CCCC1(CNCC(CC)(CC)CO)CC1. The highest BCUT2D eigenvalue weighted by Crippen LogP contribution is 2.49. The van der Waals surface area contributed by atoms with Crippen LogP contribution in [0.15, 0.2) is 0 Å². The zero-order chi connectivity index (χ0) is 12.1. The van der Waals surface area contributed by atoms with Crippen molar-refractivity contribution in [3.63, 3.8) is 0 Å². The van der Waals surface area contributed by atoms with Crippen LogP contribution in [0.2, 0.25) is 0 Å². The number of hydrogen-bond acceptors (Lipinski definition) is 2. The molecular weight excluding hydrogens is 198 g/mol. The maximum Gasteiger partial charge on any atom is 0.0499 e. The van der Waals surface area contributed by atoms with Crippen molar-refractivity contribution in [1.29, 1.82) is 0 Å². The Balaban J connectivity index is 2.28. The molecule has 1 aliphatic rings. The maximum atomic E-state index is 9.48. The second-order valence-electron chi connectivity index (χ2n) is 5.72. The van der Waals surface area contributed by atoms with E-state index < -0.39 is 0 Å². The molecule has 0 saturated heterocycles. The summed E-state index contributed by atoms with van der Waals surface area (Å²) in [5, 5.41) is 13.1. The molecule has 0 bridgehead atoms. The molecule has 0 aromatic heterocycles. The van der Waals surface area contributed by atoms with Gasteiger partial charge in [0.1, 0.15) is 0 Å². The average molecular weight is 227 g/mol. The zero-order valence-corrected chi connectivity index (χ0v) is 11.3. The van der Waals surface area contributed by atoms with Gasteiger partial charge in [-0.05, 0) is 37.5 Å². The van der Waals surface area contributed by atoms with Crippen LogP contribution in [0.5, 0.6) is 0 Å². The Hall–Kier alpha value is -0.0800. The van der Waals surface area contributed by atoms with Crippen molar-refractivity contribution in [2.24, 2.45) is 10.8 Å². The molecule has 0 atom stereocenters. The van der Waals surface area contributed by atoms with E-state index in [1.807, 2.05) is 0 Å². The van der Waals surface area contributed by atoms with Crippen LogP contribution in [0, 0.1) is 10.8 Å². The van der Waals surface area contributed by atoms with E-state index in [-0.39, 0.29) is 5.41 Å². The summed E-state index contributed by atoms with van der Waals surface area (Å²) in [4.78, 5) is 0. The lowest BCUT2D eigenvalue weighted by Gasteiger charge is -2.30. The number of rotatable bonds is 9.